The molecule has 16 heavy (non-hydrogen) atoms. The van der Waals surface area contributed by atoms with E-state index in [-0.39, 0.29) is 11.5 Å². The van der Waals surface area contributed by atoms with Crippen LogP contribution in [0, 0.1) is 0 Å². The van der Waals surface area contributed by atoms with E-state index < -0.39 is 16.1 Å². The van der Waals surface area contributed by atoms with E-state index >= 15 is 0 Å². The number of benzene rings is 1. The van der Waals surface area contributed by atoms with Gasteiger partial charge < -0.3 is 10.8 Å². The zero-order valence-corrected chi connectivity index (χ0v) is 10.1. The summed E-state index contributed by atoms with van der Waals surface area (Å²) in [6, 6.07) is 5.61. The van der Waals surface area contributed by atoms with Crippen LogP contribution in [0.25, 0.3) is 0 Å². The van der Waals surface area contributed by atoms with Crippen LogP contribution >= 0.6 is 0 Å². The summed E-state index contributed by atoms with van der Waals surface area (Å²) in [7, 11) is -2.15. The second-order valence-electron chi connectivity index (χ2n) is 3.63. The number of aliphatic hydroxyl groups is 1. The highest BCUT2D eigenvalue weighted by Crippen LogP contribution is 2.18. The summed E-state index contributed by atoms with van der Waals surface area (Å²) < 4.78 is 25.2. The number of hydrogen-bond acceptors (Lipinski definition) is 4. The van der Waals surface area contributed by atoms with E-state index in [1.165, 1.54) is 19.2 Å². The van der Waals surface area contributed by atoms with Crippen molar-refractivity contribution < 1.29 is 13.5 Å². The first kappa shape index (κ1) is 13.0. The average molecular weight is 244 g/mol. The molecule has 0 bridgehead atoms. The lowest BCUT2D eigenvalue weighted by Crippen LogP contribution is -2.37. The maximum atomic E-state index is 12.0. The number of hydrogen-bond donors (Lipinski definition) is 2. The molecule has 0 aliphatic carbocycles. The van der Waals surface area contributed by atoms with Crippen molar-refractivity contribution in [1.29, 1.82) is 0 Å². The Kier molecular flexibility index (Phi) is 3.90. The number of nitrogens with zero attached hydrogens (tertiary/aromatic N) is 1. The van der Waals surface area contributed by atoms with Gasteiger partial charge in [-0.25, -0.2) is 8.42 Å². The third-order valence-corrected chi connectivity index (χ3v) is 4.39. The normalized spacial score (nSPS) is 14.0. The first-order valence-electron chi connectivity index (χ1n) is 4.84. The molecule has 0 amide bonds. The zero-order valence-electron chi connectivity index (χ0n) is 9.29. The molecular weight excluding hydrogens is 228 g/mol. The molecular formula is C10H16N2O3S. The van der Waals surface area contributed by atoms with Gasteiger partial charge >= 0.3 is 0 Å². The SMILES string of the molecule is CC(CO)N(C)S(=O)(=O)c1cccc(N)c1. The Balaban J connectivity index is 3.12. The molecule has 0 radical (unpaired) electrons. The molecule has 1 unspecified atom stereocenters. The Hall–Kier alpha value is -1.11. The summed E-state index contributed by atoms with van der Waals surface area (Å²) in [6.45, 7) is 1.40. The molecule has 0 heterocycles. The lowest BCUT2D eigenvalue weighted by molar-refractivity contribution is 0.214. The van der Waals surface area contributed by atoms with Crippen molar-refractivity contribution in [3.63, 3.8) is 0 Å². The second kappa shape index (κ2) is 4.82. The van der Waals surface area contributed by atoms with Crippen molar-refractivity contribution in [3.05, 3.63) is 24.3 Å². The van der Waals surface area contributed by atoms with Gasteiger partial charge in [-0.2, -0.15) is 4.31 Å². The van der Waals surface area contributed by atoms with Crippen LogP contribution in [-0.2, 0) is 10.0 Å². The molecule has 0 aliphatic rings. The summed E-state index contributed by atoms with van der Waals surface area (Å²) in [6.07, 6.45) is 0. The number of anilines is 1. The predicted molar refractivity (Wildman–Crippen MR) is 62.4 cm³/mol. The maximum Gasteiger partial charge on any atom is 0.243 e. The molecule has 0 spiro atoms. The van der Waals surface area contributed by atoms with E-state index in [4.69, 9.17) is 10.8 Å². The largest absolute Gasteiger partial charge is 0.399 e. The van der Waals surface area contributed by atoms with Crippen LogP contribution in [0.4, 0.5) is 5.69 Å². The Labute approximate surface area is 95.5 Å². The van der Waals surface area contributed by atoms with Crippen LogP contribution in [0.15, 0.2) is 29.2 Å². The van der Waals surface area contributed by atoms with E-state index in [9.17, 15) is 8.42 Å². The molecule has 0 saturated heterocycles. The molecule has 3 N–H and O–H groups in total. The minimum absolute atomic E-state index is 0.135. The maximum absolute atomic E-state index is 12.0. The van der Waals surface area contributed by atoms with Gasteiger partial charge in [0.1, 0.15) is 0 Å². The van der Waals surface area contributed by atoms with E-state index in [1.54, 1.807) is 19.1 Å². The third kappa shape index (κ3) is 2.52. The molecule has 1 aromatic carbocycles. The highest BCUT2D eigenvalue weighted by molar-refractivity contribution is 7.89. The molecule has 0 saturated carbocycles. The molecule has 1 aromatic rings. The minimum atomic E-state index is -3.58. The third-order valence-electron chi connectivity index (χ3n) is 2.42. The van der Waals surface area contributed by atoms with Crippen LogP contribution in [-0.4, -0.2) is 37.5 Å². The van der Waals surface area contributed by atoms with Crippen molar-refractivity contribution in [2.45, 2.75) is 17.9 Å². The van der Waals surface area contributed by atoms with Crippen LogP contribution in [0.5, 0.6) is 0 Å². The van der Waals surface area contributed by atoms with E-state index in [0.29, 0.717) is 5.69 Å². The average Bonchev–Trinajstić information content (AvgIpc) is 2.27. The number of likely N-dealkylation sites (N-methyl/N-ethyl adjacent to an activating group) is 1. The fourth-order valence-corrected chi connectivity index (χ4v) is 2.60. The fraction of sp³-hybridized carbons (Fsp3) is 0.400. The van der Waals surface area contributed by atoms with Crippen molar-refractivity contribution in [3.8, 4) is 0 Å². The van der Waals surface area contributed by atoms with Crippen LogP contribution in [0.3, 0.4) is 0 Å². The van der Waals surface area contributed by atoms with Gasteiger partial charge in [0.05, 0.1) is 11.5 Å². The molecule has 0 aliphatic heterocycles. The fourth-order valence-electron chi connectivity index (χ4n) is 1.19. The van der Waals surface area contributed by atoms with Crippen molar-refractivity contribution in [1.82, 2.24) is 4.31 Å². The van der Waals surface area contributed by atoms with Gasteiger partial charge in [0.2, 0.25) is 10.0 Å². The molecule has 1 rings (SSSR count). The lowest BCUT2D eigenvalue weighted by atomic mass is 10.3. The second-order valence-corrected chi connectivity index (χ2v) is 5.62. The highest BCUT2D eigenvalue weighted by Gasteiger charge is 2.24. The zero-order chi connectivity index (χ0) is 12.3. The summed E-state index contributed by atoms with van der Waals surface area (Å²) in [5, 5.41) is 8.94. The van der Waals surface area contributed by atoms with Gasteiger partial charge in [-0.05, 0) is 25.1 Å². The van der Waals surface area contributed by atoms with E-state index in [0.717, 1.165) is 4.31 Å². The molecule has 6 heteroatoms. The van der Waals surface area contributed by atoms with Gasteiger partial charge in [-0.15, -0.1) is 0 Å². The first-order chi connectivity index (χ1) is 7.39. The van der Waals surface area contributed by atoms with Crippen molar-refractivity contribution >= 4 is 15.7 Å². The standard InChI is InChI=1S/C10H16N2O3S/c1-8(7-13)12(2)16(14,15)10-5-3-4-9(11)6-10/h3-6,8,13H,7,11H2,1-2H3. The predicted octanol–water partition coefficient (Wildman–Crippen LogP) is 0.270. The topological polar surface area (TPSA) is 83.6 Å². The van der Waals surface area contributed by atoms with E-state index in [1.807, 2.05) is 0 Å². The number of aliphatic hydroxyl groups excluding tert-OH is 1. The van der Waals surface area contributed by atoms with Crippen molar-refractivity contribution in [2.75, 3.05) is 19.4 Å². The summed E-state index contributed by atoms with van der Waals surface area (Å²) in [5.74, 6) is 0. The van der Waals surface area contributed by atoms with Crippen LogP contribution < -0.4 is 5.73 Å². The van der Waals surface area contributed by atoms with Gasteiger partial charge in [-0.3, -0.25) is 0 Å². The molecule has 1 atom stereocenters. The molecule has 0 aromatic heterocycles. The van der Waals surface area contributed by atoms with E-state index in [2.05, 4.69) is 0 Å². The molecule has 0 fully saturated rings. The smallest absolute Gasteiger partial charge is 0.243 e. The Morgan fingerprint density at radius 1 is 1.50 bits per heavy atom. The van der Waals surface area contributed by atoms with Crippen LogP contribution in [0.1, 0.15) is 6.92 Å². The van der Waals surface area contributed by atoms with Gasteiger partial charge in [0.15, 0.2) is 0 Å². The summed E-state index contributed by atoms with van der Waals surface area (Å²) in [4.78, 5) is 0.135. The Morgan fingerprint density at radius 3 is 2.62 bits per heavy atom. The van der Waals surface area contributed by atoms with Crippen LogP contribution in [0.2, 0.25) is 0 Å². The molecule has 5 nitrogen and oxygen atoms in total. The van der Waals surface area contributed by atoms with Crippen molar-refractivity contribution in [2.24, 2.45) is 0 Å². The number of rotatable bonds is 4. The number of nitrogen functional groups attached to an aromatic ring is 1. The first-order valence-corrected chi connectivity index (χ1v) is 6.28. The monoisotopic (exact) mass is 244 g/mol. The summed E-state index contributed by atoms with van der Waals surface area (Å²) in [5.41, 5.74) is 5.93. The highest BCUT2D eigenvalue weighted by atomic mass is 32.2. The molecule has 90 valence electrons. The van der Waals surface area contributed by atoms with Gasteiger partial charge in [0, 0.05) is 18.8 Å². The summed E-state index contributed by atoms with van der Waals surface area (Å²) >= 11 is 0. The number of nitrogens with two attached hydrogens (primary N) is 1. The van der Waals surface area contributed by atoms with Gasteiger partial charge in [0.25, 0.3) is 0 Å². The van der Waals surface area contributed by atoms with Gasteiger partial charge in [-0.1, -0.05) is 6.07 Å². The lowest BCUT2D eigenvalue weighted by Gasteiger charge is -2.22. The Morgan fingerprint density at radius 2 is 2.12 bits per heavy atom. The minimum Gasteiger partial charge on any atom is -0.399 e. The quantitative estimate of drug-likeness (QED) is 0.745. The Bertz CT molecular complexity index is 459. The number of sulfonamides is 1.